The van der Waals surface area contributed by atoms with E-state index in [9.17, 15) is 9.59 Å². The molecular formula is C20H21N3O2. The van der Waals surface area contributed by atoms with Gasteiger partial charge < -0.3 is 5.32 Å². The summed E-state index contributed by atoms with van der Waals surface area (Å²) in [6, 6.07) is 13.1. The van der Waals surface area contributed by atoms with Crippen molar-refractivity contribution in [2.45, 2.75) is 26.8 Å². The summed E-state index contributed by atoms with van der Waals surface area (Å²) in [6.07, 6.45) is 0. The summed E-state index contributed by atoms with van der Waals surface area (Å²) in [5.74, 6) is -0.291. The highest BCUT2D eigenvalue weighted by Crippen LogP contribution is 2.20. The Labute approximate surface area is 146 Å². The van der Waals surface area contributed by atoms with Gasteiger partial charge in [0.1, 0.15) is 0 Å². The van der Waals surface area contributed by atoms with E-state index in [2.05, 4.69) is 22.5 Å². The van der Waals surface area contributed by atoms with Gasteiger partial charge in [-0.15, -0.1) is 0 Å². The number of fused-ring (bicyclic) bond motifs is 1. The first kappa shape index (κ1) is 16.9. The second kappa shape index (κ2) is 6.51. The van der Waals surface area contributed by atoms with Gasteiger partial charge in [-0.2, -0.15) is 5.10 Å². The van der Waals surface area contributed by atoms with Crippen LogP contribution >= 0.6 is 0 Å². The number of aromatic nitrogens is 2. The summed E-state index contributed by atoms with van der Waals surface area (Å²) in [4.78, 5) is 25.0. The van der Waals surface area contributed by atoms with Gasteiger partial charge in [0.05, 0.1) is 11.4 Å². The van der Waals surface area contributed by atoms with Crippen molar-refractivity contribution in [2.24, 2.45) is 7.05 Å². The molecule has 1 atom stereocenters. The van der Waals surface area contributed by atoms with Crippen LogP contribution in [0.15, 0.2) is 47.3 Å². The van der Waals surface area contributed by atoms with E-state index in [1.807, 2.05) is 26.8 Å². The van der Waals surface area contributed by atoms with Crippen LogP contribution in [-0.4, -0.2) is 15.7 Å². The largest absolute Gasteiger partial charge is 0.344 e. The fourth-order valence-electron chi connectivity index (χ4n) is 3.04. The normalized spacial score (nSPS) is 12.2. The summed E-state index contributed by atoms with van der Waals surface area (Å²) in [6.45, 7) is 6.00. The predicted octanol–water partition coefficient (Wildman–Crippen LogP) is 3.04. The maximum atomic E-state index is 12.8. The van der Waals surface area contributed by atoms with Crippen LogP contribution in [0.1, 0.15) is 40.1 Å². The second-order valence-electron chi connectivity index (χ2n) is 6.38. The minimum Gasteiger partial charge on any atom is -0.344 e. The number of amides is 1. The van der Waals surface area contributed by atoms with Crippen molar-refractivity contribution in [1.29, 1.82) is 0 Å². The third-order valence-corrected chi connectivity index (χ3v) is 4.42. The quantitative estimate of drug-likeness (QED) is 0.800. The van der Waals surface area contributed by atoms with Gasteiger partial charge in [0.2, 0.25) is 0 Å². The van der Waals surface area contributed by atoms with Crippen LogP contribution in [0, 0.1) is 13.8 Å². The highest BCUT2D eigenvalue weighted by atomic mass is 16.2. The molecule has 2 aromatic carbocycles. The Morgan fingerprint density at radius 3 is 2.52 bits per heavy atom. The van der Waals surface area contributed by atoms with Crippen molar-refractivity contribution >= 4 is 16.7 Å². The molecule has 5 nitrogen and oxygen atoms in total. The van der Waals surface area contributed by atoms with E-state index in [1.165, 1.54) is 4.68 Å². The smallest absolute Gasteiger partial charge is 0.274 e. The molecule has 3 rings (SSSR count). The van der Waals surface area contributed by atoms with Crippen molar-refractivity contribution < 1.29 is 4.79 Å². The first-order chi connectivity index (χ1) is 11.9. The minimum absolute atomic E-state index is 0.162. The molecule has 1 unspecified atom stereocenters. The average Bonchev–Trinajstić information content (AvgIpc) is 2.60. The SMILES string of the molecule is Cc1ccc(C)c(C(C)NC(=O)c2nn(C)c(=O)c3ccccc23)c1. The van der Waals surface area contributed by atoms with Crippen LogP contribution in [0.3, 0.4) is 0 Å². The number of hydrogen-bond acceptors (Lipinski definition) is 3. The Balaban J connectivity index is 1.99. The van der Waals surface area contributed by atoms with Crippen molar-refractivity contribution in [3.8, 4) is 0 Å². The van der Waals surface area contributed by atoms with Gasteiger partial charge >= 0.3 is 0 Å². The lowest BCUT2D eigenvalue weighted by atomic mass is 10.00. The number of nitrogens with one attached hydrogen (secondary N) is 1. The highest BCUT2D eigenvalue weighted by molar-refractivity contribution is 6.04. The molecule has 0 saturated heterocycles. The van der Waals surface area contributed by atoms with E-state index >= 15 is 0 Å². The first-order valence-corrected chi connectivity index (χ1v) is 8.22. The van der Waals surface area contributed by atoms with Crippen LogP contribution in [-0.2, 0) is 7.05 Å². The number of aryl methyl sites for hydroxylation is 3. The molecule has 0 aliphatic heterocycles. The van der Waals surface area contributed by atoms with Crippen LogP contribution in [0.25, 0.3) is 10.8 Å². The van der Waals surface area contributed by atoms with E-state index in [-0.39, 0.29) is 23.2 Å². The lowest BCUT2D eigenvalue weighted by Crippen LogP contribution is -2.31. The van der Waals surface area contributed by atoms with Crippen LogP contribution in [0.5, 0.6) is 0 Å². The zero-order chi connectivity index (χ0) is 18.1. The molecule has 0 aliphatic carbocycles. The maximum Gasteiger partial charge on any atom is 0.274 e. The van der Waals surface area contributed by atoms with E-state index < -0.39 is 0 Å². The number of carbonyl (C=O) groups is 1. The lowest BCUT2D eigenvalue weighted by molar-refractivity contribution is 0.0934. The Bertz CT molecular complexity index is 1020. The van der Waals surface area contributed by atoms with Crippen molar-refractivity contribution in [3.63, 3.8) is 0 Å². The molecule has 0 bridgehead atoms. The van der Waals surface area contributed by atoms with E-state index in [1.54, 1.807) is 31.3 Å². The maximum absolute atomic E-state index is 12.8. The summed E-state index contributed by atoms with van der Waals surface area (Å²) >= 11 is 0. The third kappa shape index (κ3) is 3.18. The molecule has 0 saturated carbocycles. The Morgan fingerprint density at radius 1 is 1.12 bits per heavy atom. The summed E-state index contributed by atoms with van der Waals surface area (Å²) in [7, 11) is 1.56. The summed E-state index contributed by atoms with van der Waals surface area (Å²) < 4.78 is 1.21. The number of rotatable bonds is 3. The first-order valence-electron chi connectivity index (χ1n) is 8.22. The lowest BCUT2D eigenvalue weighted by Gasteiger charge is -2.18. The van der Waals surface area contributed by atoms with Gasteiger partial charge in [0, 0.05) is 12.4 Å². The fraction of sp³-hybridized carbons (Fsp3) is 0.250. The van der Waals surface area contributed by atoms with E-state index in [4.69, 9.17) is 0 Å². The summed E-state index contributed by atoms with van der Waals surface area (Å²) in [5, 5.41) is 8.24. The Kier molecular flexibility index (Phi) is 4.40. The molecule has 128 valence electrons. The van der Waals surface area contributed by atoms with Crippen molar-refractivity contribution in [1.82, 2.24) is 15.1 Å². The van der Waals surface area contributed by atoms with Crippen molar-refractivity contribution in [2.75, 3.05) is 0 Å². The van der Waals surface area contributed by atoms with Gasteiger partial charge in [0.25, 0.3) is 11.5 Å². The molecule has 1 amide bonds. The van der Waals surface area contributed by atoms with Crippen LogP contribution < -0.4 is 10.9 Å². The van der Waals surface area contributed by atoms with Gasteiger partial charge in [0.15, 0.2) is 5.69 Å². The monoisotopic (exact) mass is 335 g/mol. The fourth-order valence-corrected chi connectivity index (χ4v) is 3.04. The molecule has 3 aromatic rings. The predicted molar refractivity (Wildman–Crippen MR) is 98.8 cm³/mol. The second-order valence-corrected chi connectivity index (χ2v) is 6.38. The molecule has 0 fully saturated rings. The Hall–Kier alpha value is -2.95. The molecule has 1 heterocycles. The van der Waals surface area contributed by atoms with E-state index in [0.717, 1.165) is 16.7 Å². The summed E-state index contributed by atoms with van der Waals surface area (Å²) in [5.41, 5.74) is 3.39. The molecule has 0 radical (unpaired) electrons. The molecular weight excluding hydrogens is 314 g/mol. The standard InChI is InChI=1S/C20H21N3O2/c1-12-9-10-13(2)17(11-12)14(3)21-19(24)18-15-7-5-6-8-16(15)20(25)23(4)22-18/h5-11,14H,1-4H3,(H,21,24). The number of hydrogen-bond donors (Lipinski definition) is 1. The number of carbonyl (C=O) groups excluding carboxylic acids is 1. The average molecular weight is 335 g/mol. The zero-order valence-corrected chi connectivity index (χ0v) is 14.8. The molecule has 0 spiro atoms. The molecule has 1 N–H and O–H groups in total. The van der Waals surface area contributed by atoms with Gasteiger partial charge in [-0.05, 0) is 38.0 Å². The molecule has 1 aromatic heterocycles. The van der Waals surface area contributed by atoms with Crippen LogP contribution in [0.4, 0.5) is 0 Å². The van der Waals surface area contributed by atoms with Crippen molar-refractivity contribution in [3.05, 3.63) is 75.2 Å². The zero-order valence-electron chi connectivity index (χ0n) is 14.8. The topological polar surface area (TPSA) is 64.0 Å². The molecule has 0 aliphatic rings. The highest BCUT2D eigenvalue weighted by Gasteiger charge is 2.18. The minimum atomic E-state index is -0.291. The number of nitrogens with zero attached hydrogens (tertiary/aromatic N) is 2. The third-order valence-electron chi connectivity index (χ3n) is 4.42. The molecule has 25 heavy (non-hydrogen) atoms. The Morgan fingerprint density at radius 2 is 1.80 bits per heavy atom. The number of benzene rings is 2. The molecule has 5 heteroatoms. The van der Waals surface area contributed by atoms with Gasteiger partial charge in [-0.25, -0.2) is 4.68 Å². The van der Waals surface area contributed by atoms with Crippen LogP contribution in [0.2, 0.25) is 0 Å². The van der Waals surface area contributed by atoms with E-state index in [0.29, 0.717) is 10.8 Å². The van der Waals surface area contributed by atoms with Gasteiger partial charge in [-0.1, -0.05) is 42.0 Å². The van der Waals surface area contributed by atoms with Gasteiger partial charge in [-0.3, -0.25) is 9.59 Å².